The third kappa shape index (κ3) is 4.85. The lowest BCUT2D eigenvalue weighted by Crippen LogP contribution is -2.39. The molecule has 1 aromatic carbocycles. The van der Waals surface area contributed by atoms with Crippen molar-refractivity contribution in [1.82, 2.24) is 4.31 Å². The molecule has 21 heavy (non-hydrogen) atoms. The third-order valence-electron chi connectivity index (χ3n) is 2.73. The normalized spacial score (nSPS) is 12.9. The maximum atomic E-state index is 13.3. The van der Waals surface area contributed by atoms with Gasteiger partial charge in [-0.3, -0.25) is 0 Å². The number of nitrogens with two attached hydrogens (primary N) is 1. The van der Waals surface area contributed by atoms with Crippen LogP contribution in [-0.2, 0) is 10.0 Å². The van der Waals surface area contributed by atoms with Gasteiger partial charge in [-0.1, -0.05) is 13.3 Å². The summed E-state index contributed by atoms with van der Waals surface area (Å²) in [4.78, 5) is -0.547. The smallest absolute Gasteiger partial charge is 0.396 e. The number of halogens is 4. The summed E-state index contributed by atoms with van der Waals surface area (Å²) in [6, 6.07) is 2.62. The Kier molecular flexibility index (Phi) is 5.57. The van der Waals surface area contributed by atoms with E-state index < -0.39 is 33.5 Å². The van der Waals surface area contributed by atoms with Gasteiger partial charge < -0.3 is 5.73 Å². The molecule has 0 saturated heterocycles. The molecule has 0 fully saturated rings. The second kappa shape index (κ2) is 6.61. The van der Waals surface area contributed by atoms with Crippen LogP contribution in [0.4, 0.5) is 23.2 Å². The van der Waals surface area contributed by atoms with Crippen molar-refractivity contribution >= 4 is 15.7 Å². The fourth-order valence-electron chi connectivity index (χ4n) is 1.64. The van der Waals surface area contributed by atoms with Gasteiger partial charge in [0.05, 0.1) is 10.6 Å². The highest BCUT2D eigenvalue weighted by Crippen LogP contribution is 2.24. The largest absolute Gasteiger partial charge is 0.402 e. The molecule has 0 atom stereocenters. The Balaban J connectivity index is 3.16. The van der Waals surface area contributed by atoms with Gasteiger partial charge in [0, 0.05) is 6.54 Å². The van der Waals surface area contributed by atoms with Crippen molar-refractivity contribution < 1.29 is 26.0 Å². The molecule has 120 valence electrons. The first-order valence-electron chi connectivity index (χ1n) is 6.20. The second-order valence-electron chi connectivity index (χ2n) is 4.49. The van der Waals surface area contributed by atoms with E-state index in [9.17, 15) is 26.0 Å². The number of hydrogen-bond acceptors (Lipinski definition) is 3. The van der Waals surface area contributed by atoms with Gasteiger partial charge in [0.15, 0.2) is 0 Å². The van der Waals surface area contributed by atoms with Crippen LogP contribution in [0.2, 0.25) is 0 Å². The van der Waals surface area contributed by atoms with Crippen LogP contribution in [0.15, 0.2) is 23.1 Å². The molecule has 1 rings (SSSR count). The Morgan fingerprint density at radius 3 is 2.38 bits per heavy atom. The van der Waals surface area contributed by atoms with E-state index in [1.165, 1.54) is 0 Å². The second-order valence-corrected chi connectivity index (χ2v) is 6.43. The predicted molar refractivity (Wildman–Crippen MR) is 70.5 cm³/mol. The first kappa shape index (κ1) is 17.7. The van der Waals surface area contributed by atoms with E-state index in [4.69, 9.17) is 5.73 Å². The summed E-state index contributed by atoms with van der Waals surface area (Å²) in [6.07, 6.45) is -3.88. The minimum atomic E-state index is -4.67. The minimum absolute atomic E-state index is 0.271. The summed E-state index contributed by atoms with van der Waals surface area (Å²) in [5.74, 6) is -0.987. The van der Waals surface area contributed by atoms with Crippen LogP contribution >= 0.6 is 0 Å². The molecule has 0 amide bonds. The minimum Gasteiger partial charge on any atom is -0.396 e. The van der Waals surface area contributed by atoms with Crippen LogP contribution < -0.4 is 5.73 Å². The number of rotatable bonds is 6. The first-order chi connectivity index (χ1) is 9.58. The number of unbranched alkanes of at least 4 members (excludes halogenated alkanes) is 1. The van der Waals surface area contributed by atoms with E-state index in [-0.39, 0.29) is 18.7 Å². The SMILES string of the molecule is CCCCN(CC(F)(F)F)S(=O)(=O)c1ccc(N)c(F)c1. The summed E-state index contributed by atoms with van der Waals surface area (Å²) in [5, 5.41) is 0. The van der Waals surface area contributed by atoms with E-state index in [1.807, 2.05) is 0 Å². The highest BCUT2D eigenvalue weighted by Gasteiger charge is 2.36. The molecular formula is C12H16F4N2O2S. The molecule has 0 aliphatic carbocycles. The highest BCUT2D eigenvalue weighted by molar-refractivity contribution is 7.89. The summed E-state index contributed by atoms with van der Waals surface area (Å²) in [7, 11) is -4.43. The van der Waals surface area contributed by atoms with Crippen molar-refractivity contribution in [2.45, 2.75) is 30.8 Å². The molecule has 4 nitrogen and oxygen atoms in total. The lowest BCUT2D eigenvalue weighted by atomic mass is 10.3. The molecule has 2 N–H and O–H groups in total. The van der Waals surface area contributed by atoms with Crippen molar-refractivity contribution in [3.8, 4) is 0 Å². The van der Waals surface area contributed by atoms with Crippen molar-refractivity contribution in [3.63, 3.8) is 0 Å². The quantitative estimate of drug-likeness (QED) is 0.645. The van der Waals surface area contributed by atoms with E-state index in [0.29, 0.717) is 16.8 Å². The van der Waals surface area contributed by atoms with Crippen LogP contribution in [-0.4, -0.2) is 32.0 Å². The van der Waals surface area contributed by atoms with Crippen LogP contribution in [0.5, 0.6) is 0 Å². The molecule has 0 saturated carbocycles. The van der Waals surface area contributed by atoms with Gasteiger partial charge in [-0.15, -0.1) is 0 Å². The zero-order valence-corrected chi connectivity index (χ0v) is 12.1. The zero-order valence-electron chi connectivity index (χ0n) is 11.3. The highest BCUT2D eigenvalue weighted by atomic mass is 32.2. The summed E-state index contributed by atoms with van der Waals surface area (Å²) < 4.78 is 75.6. The molecular weight excluding hydrogens is 312 g/mol. The average Bonchev–Trinajstić information content (AvgIpc) is 2.36. The standard InChI is InChI=1S/C12H16F4N2O2S/c1-2-3-6-18(8-12(14,15)16)21(19,20)9-4-5-11(17)10(13)7-9/h4-5,7H,2-3,6,8,17H2,1H3. The van der Waals surface area contributed by atoms with Gasteiger partial charge in [0.1, 0.15) is 12.4 Å². The molecule has 0 aliphatic heterocycles. The maximum absolute atomic E-state index is 13.3. The predicted octanol–water partition coefficient (Wildman–Crippen LogP) is 2.76. The van der Waals surface area contributed by atoms with E-state index in [2.05, 4.69) is 0 Å². The van der Waals surface area contributed by atoms with Crippen LogP contribution in [0, 0.1) is 5.82 Å². The summed E-state index contributed by atoms with van der Waals surface area (Å²) >= 11 is 0. The maximum Gasteiger partial charge on any atom is 0.402 e. The van der Waals surface area contributed by atoms with Gasteiger partial charge in [0.2, 0.25) is 10.0 Å². The molecule has 0 bridgehead atoms. The Morgan fingerprint density at radius 1 is 1.29 bits per heavy atom. The van der Waals surface area contributed by atoms with Gasteiger partial charge in [-0.25, -0.2) is 12.8 Å². The van der Waals surface area contributed by atoms with E-state index in [0.717, 1.165) is 12.1 Å². The van der Waals surface area contributed by atoms with Crippen LogP contribution in [0.3, 0.4) is 0 Å². The Morgan fingerprint density at radius 2 is 1.90 bits per heavy atom. The molecule has 9 heteroatoms. The van der Waals surface area contributed by atoms with Gasteiger partial charge in [-0.2, -0.15) is 17.5 Å². The molecule has 0 spiro atoms. The van der Waals surface area contributed by atoms with Gasteiger partial charge in [0.25, 0.3) is 0 Å². The number of anilines is 1. The van der Waals surface area contributed by atoms with E-state index >= 15 is 0 Å². The first-order valence-corrected chi connectivity index (χ1v) is 7.64. The summed E-state index contributed by atoms with van der Waals surface area (Å²) in [5.41, 5.74) is 4.95. The van der Waals surface area contributed by atoms with Crippen molar-refractivity contribution in [2.24, 2.45) is 0 Å². The molecule has 0 heterocycles. The van der Waals surface area contributed by atoms with Crippen LogP contribution in [0.1, 0.15) is 19.8 Å². The number of nitrogen functional groups attached to an aromatic ring is 1. The van der Waals surface area contributed by atoms with Crippen LogP contribution in [0.25, 0.3) is 0 Å². The zero-order chi connectivity index (χ0) is 16.3. The van der Waals surface area contributed by atoms with Crippen molar-refractivity contribution in [3.05, 3.63) is 24.0 Å². The number of hydrogen-bond donors (Lipinski definition) is 1. The molecule has 0 radical (unpaired) electrons. The Hall–Kier alpha value is -1.35. The number of benzene rings is 1. The summed E-state index contributed by atoms with van der Waals surface area (Å²) in [6.45, 7) is -0.174. The average molecular weight is 328 g/mol. The third-order valence-corrected chi connectivity index (χ3v) is 4.57. The number of alkyl halides is 3. The molecule has 0 unspecified atom stereocenters. The van der Waals surface area contributed by atoms with Crippen molar-refractivity contribution in [2.75, 3.05) is 18.8 Å². The topological polar surface area (TPSA) is 63.4 Å². The fourth-order valence-corrected chi connectivity index (χ4v) is 3.11. The molecule has 0 aliphatic rings. The van der Waals surface area contributed by atoms with Gasteiger partial charge >= 0.3 is 6.18 Å². The lowest BCUT2D eigenvalue weighted by Gasteiger charge is -2.23. The molecule has 0 aromatic heterocycles. The number of sulfonamides is 1. The Labute approximate surface area is 120 Å². The number of nitrogens with zero attached hydrogens (tertiary/aromatic N) is 1. The lowest BCUT2D eigenvalue weighted by molar-refractivity contribution is -0.136. The fraction of sp³-hybridized carbons (Fsp3) is 0.500. The monoisotopic (exact) mass is 328 g/mol. The van der Waals surface area contributed by atoms with Crippen molar-refractivity contribution in [1.29, 1.82) is 0 Å². The Bertz CT molecular complexity index is 587. The van der Waals surface area contributed by atoms with E-state index in [1.54, 1.807) is 6.92 Å². The van der Waals surface area contributed by atoms with Gasteiger partial charge in [-0.05, 0) is 24.6 Å². The molecule has 1 aromatic rings.